The lowest BCUT2D eigenvalue weighted by Crippen LogP contribution is -2.24. The summed E-state index contributed by atoms with van der Waals surface area (Å²) in [5.74, 6) is 0. The largest absolute Gasteiger partial charge is 0.311 e. The average molecular weight is 229 g/mol. The van der Waals surface area contributed by atoms with E-state index in [-0.39, 0.29) is 0 Å². The molecule has 92 valence electrons. The van der Waals surface area contributed by atoms with E-state index in [1.807, 2.05) is 6.07 Å². The Hall–Kier alpha value is -1.34. The fourth-order valence-corrected chi connectivity index (χ4v) is 1.50. The van der Waals surface area contributed by atoms with Gasteiger partial charge >= 0.3 is 0 Å². The summed E-state index contributed by atoms with van der Waals surface area (Å²) in [7, 11) is 0. The van der Waals surface area contributed by atoms with Gasteiger partial charge in [0.2, 0.25) is 0 Å². The Bertz CT molecular complexity index is 360. The van der Waals surface area contributed by atoms with Gasteiger partial charge < -0.3 is 5.32 Å². The van der Waals surface area contributed by atoms with Gasteiger partial charge in [-0.25, -0.2) is 0 Å². The normalized spacial score (nSPS) is 12.6. The molecule has 1 aromatic carbocycles. The molecule has 17 heavy (non-hydrogen) atoms. The van der Waals surface area contributed by atoms with E-state index in [1.165, 1.54) is 11.1 Å². The van der Waals surface area contributed by atoms with Crippen LogP contribution in [0.2, 0.25) is 0 Å². The topological polar surface area (TPSA) is 12.0 Å². The van der Waals surface area contributed by atoms with Gasteiger partial charge in [-0.3, -0.25) is 0 Å². The number of rotatable bonds is 6. The summed E-state index contributed by atoms with van der Waals surface area (Å²) in [6, 6.07) is 10.9. The second-order valence-electron chi connectivity index (χ2n) is 4.48. The molecule has 0 bridgehead atoms. The summed E-state index contributed by atoms with van der Waals surface area (Å²) < 4.78 is 0. The van der Waals surface area contributed by atoms with Gasteiger partial charge in [0.15, 0.2) is 0 Å². The highest BCUT2D eigenvalue weighted by atomic mass is 14.9. The first-order chi connectivity index (χ1) is 8.22. The molecule has 0 aliphatic rings. The molecule has 1 aromatic rings. The van der Waals surface area contributed by atoms with Crippen LogP contribution < -0.4 is 5.32 Å². The molecule has 0 saturated heterocycles. The minimum Gasteiger partial charge on any atom is -0.311 e. The summed E-state index contributed by atoms with van der Waals surface area (Å²) in [6.45, 7) is 7.53. The molecule has 0 aliphatic carbocycles. The summed E-state index contributed by atoms with van der Waals surface area (Å²) in [5, 5.41) is 3.44. The van der Waals surface area contributed by atoms with E-state index in [0.29, 0.717) is 6.04 Å². The molecule has 0 radical (unpaired) electrons. The third kappa shape index (κ3) is 6.08. The molecule has 0 spiro atoms. The summed E-state index contributed by atoms with van der Waals surface area (Å²) >= 11 is 0. The molecule has 0 fully saturated rings. The van der Waals surface area contributed by atoms with Gasteiger partial charge in [0.25, 0.3) is 0 Å². The zero-order chi connectivity index (χ0) is 12.5. The lowest BCUT2D eigenvalue weighted by molar-refractivity contribution is 0.615. The zero-order valence-electron chi connectivity index (χ0n) is 11.1. The lowest BCUT2D eigenvalue weighted by Gasteiger charge is -2.09. The standard InChI is InChI=1S/C16H23N/c1-4-15(13-17-14(2)3)11-8-12-16-9-6-5-7-10-16/h5-12,14,17H,4,13H2,1-3H3. The maximum atomic E-state index is 3.44. The van der Waals surface area contributed by atoms with E-state index in [0.717, 1.165) is 13.0 Å². The monoisotopic (exact) mass is 229 g/mol. The molecule has 0 atom stereocenters. The maximum Gasteiger partial charge on any atom is 0.0170 e. The summed E-state index contributed by atoms with van der Waals surface area (Å²) in [4.78, 5) is 0. The van der Waals surface area contributed by atoms with Crippen molar-refractivity contribution in [3.05, 3.63) is 53.6 Å². The van der Waals surface area contributed by atoms with Crippen molar-refractivity contribution >= 4 is 6.08 Å². The first-order valence-corrected chi connectivity index (χ1v) is 6.37. The quantitative estimate of drug-likeness (QED) is 0.726. The molecule has 1 rings (SSSR count). The first kappa shape index (κ1) is 13.7. The lowest BCUT2D eigenvalue weighted by atomic mass is 10.1. The second-order valence-corrected chi connectivity index (χ2v) is 4.48. The van der Waals surface area contributed by atoms with E-state index >= 15 is 0 Å². The van der Waals surface area contributed by atoms with Crippen LogP contribution in [0.25, 0.3) is 6.08 Å². The Morgan fingerprint density at radius 3 is 2.53 bits per heavy atom. The molecule has 0 saturated carbocycles. The van der Waals surface area contributed by atoms with Crippen molar-refractivity contribution in [2.75, 3.05) is 6.54 Å². The van der Waals surface area contributed by atoms with Gasteiger partial charge in [0.05, 0.1) is 0 Å². The second kappa shape index (κ2) is 7.86. The summed E-state index contributed by atoms with van der Waals surface area (Å²) in [6.07, 6.45) is 7.59. The molecule has 1 heteroatoms. The fourth-order valence-electron chi connectivity index (χ4n) is 1.50. The zero-order valence-corrected chi connectivity index (χ0v) is 11.1. The number of allylic oxidation sites excluding steroid dienone is 2. The Morgan fingerprint density at radius 1 is 1.24 bits per heavy atom. The van der Waals surface area contributed by atoms with Crippen LogP contribution >= 0.6 is 0 Å². The summed E-state index contributed by atoms with van der Waals surface area (Å²) in [5.41, 5.74) is 2.68. The van der Waals surface area contributed by atoms with Crippen molar-refractivity contribution in [1.82, 2.24) is 5.32 Å². The van der Waals surface area contributed by atoms with E-state index in [9.17, 15) is 0 Å². The first-order valence-electron chi connectivity index (χ1n) is 6.37. The van der Waals surface area contributed by atoms with Crippen molar-refractivity contribution in [3.63, 3.8) is 0 Å². The van der Waals surface area contributed by atoms with Crippen LogP contribution in [0.15, 0.2) is 48.1 Å². The van der Waals surface area contributed by atoms with Gasteiger partial charge in [-0.2, -0.15) is 0 Å². The molecule has 0 unspecified atom stereocenters. The average Bonchev–Trinajstić information content (AvgIpc) is 2.34. The van der Waals surface area contributed by atoms with Gasteiger partial charge in [-0.15, -0.1) is 0 Å². The van der Waals surface area contributed by atoms with Crippen LogP contribution in [-0.2, 0) is 0 Å². The van der Waals surface area contributed by atoms with Crippen molar-refractivity contribution in [1.29, 1.82) is 0 Å². The van der Waals surface area contributed by atoms with Crippen molar-refractivity contribution < 1.29 is 0 Å². The maximum absolute atomic E-state index is 3.44. The molecular formula is C16H23N. The van der Waals surface area contributed by atoms with E-state index in [1.54, 1.807) is 0 Å². The Balaban J connectivity index is 2.52. The van der Waals surface area contributed by atoms with Gasteiger partial charge in [-0.1, -0.05) is 74.9 Å². The SMILES string of the molecule is CCC(=CC=Cc1ccccc1)CNC(C)C. The molecule has 0 heterocycles. The number of hydrogen-bond acceptors (Lipinski definition) is 1. The van der Waals surface area contributed by atoms with Gasteiger partial charge in [0.1, 0.15) is 0 Å². The molecule has 0 aliphatic heterocycles. The van der Waals surface area contributed by atoms with E-state index in [2.05, 4.69) is 68.6 Å². The van der Waals surface area contributed by atoms with Crippen LogP contribution in [-0.4, -0.2) is 12.6 Å². The van der Waals surface area contributed by atoms with Crippen LogP contribution in [0.5, 0.6) is 0 Å². The Morgan fingerprint density at radius 2 is 1.94 bits per heavy atom. The smallest absolute Gasteiger partial charge is 0.0170 e. The van der Waals surface area contributed by atoms with Crippen LogP contribution in [0.4, 0.5) is 0 Å². The number of benzene rings is 1. The fraction of sp³-hybridized carbons (Fsp3) is 0.375. The molecule has 1 nitrogen and oxygen atoms in total. The predicted molar refractivity (Wildman–Crippen MR) is 77.0 cm³/mol. The highest BCUT2D eigenvalue weighted by Crippen LogP contribution is 2.04. The molecule has 1 N–H and O–H groups in total. The van der Waals surface area contributed by atoms with Crippen LogP contribution in [0.3, 0.4) is 0 Å². The molecule has 0 amide bonds. The van der Waals surface area contributed by atoms with E-state index in [4.69, 9.17) is 0 Å². The van der Waals surface area contributed by atoms with Gasteiger partial charge in [0, 0.05) is 12.6 Å². The molecular weight excluding hydrogens is 206 g/mol. The Labute approximate surface area is 105 Å². The minimum atomic E-state index is 0.544. The molecule has 0 aromatic heterocycles. The van der Waals surface area contributed by atoms with E-state index < -0.39 is 0 Å². The minimum absolute atomic E-state index is 0.544. The van der Waals surface area contributed by atoms with Crippen molar-refractivity contribution in [2.45, 2.75) is 33.2 Å². The van der Waals surface area contributed by atoms with Crippen molar-refractivity contribution in [2.24, 2.45) is 0 Å². The highest BCUT2D eigenvalue weighted by Gasteiger charge is 1.94. The number of hydrogen-bond donors (Lipinski definition) is 1. The van der Waals surface area contributed by atoms with Crippen LogP contribution in [0.1, 0.15) is 32.8 Å². The van der Waals surface area contributed by atoms with Crippen molar-refractivity contribution in [3.8, 4) is 0 Å². The van der Waals surface area contributed by atoms with Crippen LogP contribution in [0, 0.1) is 0 Å². The highest BCUT2D eigenvalue weighted by molar-refractivity contribution is 5.50. The number of nitrogens with one attached hydrogen (secondary N) is 1. The third-order valence-corrected chi connectivity index (χ3v) is 2.61. The Kier molecular flexibility index (Phi) is 6.34. The predicted octanol–water partition coefficient (Wildman–Crippen LogP) is 4.03. The third-order valence-electron chi connectivity index (χ3n) is 2.61. The van der Waals surface area contributed by atoms with Gasteiger partial charge in [-0.05, 0) is 12.0 Å².